The molecule has 4 rings (SSSR count). The number of carbonyl (C=O) groups excluding carboxylic acids is 2. The van der Waals surface area contributed by atoms with Crippen LogP contribution in [0.2, 0.25) is 5.02 Å². The Balaban J connectivity index is 1.82. The van der Waals surface area contributed by atoms with Gasteiger partial charge in [-0.1, -0.05) is 29.8 Å². The fraction of sp³-hybridized carbons (Fsp3) is 0.0435. The summed E-state index contributed by atoms with van der Waals surface area (Å²) in [6.07, 6.45) is 0. The summed E-state index contributed by atoms with van der Waals surface area (Å²) in [5, 5.41) is 3.70. The Kier molecular flexibility index (Phi) is 5.01. The van der Waals surface area contributed by atoms with Gasteiger partial charge in [0.05, 0.1) is 10.7 Å². The molecule has 30 heavy (non-hydrogen) atoms. The number of nitrogens with two attached hydrogens (primary N) is 1. The van der Waals surface area contributed by atoms with Crippen molar-refractivity contribution < 1.29 is 18.4 Å². The molecular weight excluding hydrogens is 407 g/mol. The molecule has 0 aliphatic carbocycles. The van der Waals surface area contributed by atoms with Gasteiger partial charge in [0.1, 0.15) is 11.4 Å². The number of hydrogen-bond donors (Lipinski definition) is 2. The number of hydrogen-bond acceptors (Lipinski definition) is 4. The molecule has 0 aliphatic heterocycles. The highest BCUT2D eigenvalue weighted by Crippen LogP contribution is 2.36. The van der Waals surface area contributed by atoms with Crippen LogP contribution in [0.4, 0.5) is 10.1 Å². The van der Waals surface area contributed by atoms with E-state index >= 15 is 0 Å². The van der Waals surface area contributed by atoms with Crippen LogP contribution in [0.5, 0.6) is 0 Å². The largest absolute Gasteiger partial charge is 0.450 e. The Labute approximate surface area is 176 Å². The van der Waals surface area contributed by atoms with Crippen molar-refractivity contribution in [3.8, 4) is 11.1 Å². The first-order valence-corrected chi connectivity index (χ1v) is 9.41. The highest BCUT2D eigenvalue weighted by Gasteiger charge is 2.23. The Hall–Kier alpha value is -3.64. The number of amides is 1. The number of fused-ring (bicyclic) bond motifs is 1. The molecule has 5 nitrogen and oxygen atoms in total. The van der Waals surface area contributed by atoms with Crippen molar-refractivity contribution >= 4 is 39.9 Å². The zero-order valence-corrected chi connectivity index (χ0v) is 16.6. The third kappa shape index (κ3) is 3.42. The summed E-state index contributed by atoms with van der Waals surface area (Å²) < 4.78 is 19.2. The minimum atomic E-state index is -0.530. The van der Waals surface area contributed by atoms with E-state index in [9.17, 15) is 14.0 Å². The van der Waals surface area contributed by atoms with Gasteiger partial charge in [-0.25, -0.2) is 4.39 Å². The second kappa shape index (κ2) is 7.65. The first-order valence-electron chi connectivity index (χ1n) is 9.03. The fourth-order valence-corrected chi connectivity index (χ4v) is 3.59. The van der Waals surface area contributed by atoms with Crippen LogP contribution in [0.15, 0.2) is 65.1 Å². The molecule has 1 amide bonds. The maximum Gasteiger partial charge on any atom is 0.248 e. The van der Waals surface area contributed by atoms with E-state index in [-0.39, 0.29) is 16.3 Å². The maximum absolute atomic E-state index is 13.3. The zero-order chi connectivity index (χ0) is 21.4. The number of anilines is 1. The van der Waals surface area contributed by atoms with Crippen molar-refractivity contribution in [1.29, 1.82) is 0 Å². The molecular formula is C23H16ClFN2O3. The number of halogens is 2. The molecule has 0 spiro atoms. The molecule has 0 saturated heterocycles. The third-order valence-corrected chi connectivity index (χ3v) is 5.12. The van der Waals surface area contributed by atoms with Crippen molar-refractivity contribution in [2.24, 2.45) is 5.73 Å². The molecule has 4 aromatic rings. The molecule has 7 heteroatoms. The van der Waals surface area contributed by atoms with Crippen molar-refractivity contribution in [2.45, 2.75) is 0 Å². The van der Waals surface area contributed by atoms with E-state index < -0.39 is 17.5 Å². The first-order chi connectivity index (χ1) is 14.4. The number of nitrogens with one attached hydrogen (secondary N) is 1. The van der Waals surface area contributed by atoms with E-state index in [2.05, 4.69) is 5.32 Å². The van der Waals surface area contributed by atoms with Crippen molar-refractivity contribution in [3.05, 3.63) is 88.4 Å². The molecule has 0 radical (unpaired) electrons. The summed E-state index contributed by atoms with van der Waals surface area (Å²) in [6.45, 7) is 0. The van der Waals surface area contributed by atoms with Gasteiger partial charge in [-0.15, -0.1) is 0 Å². The zero-order valence-electron chi connectivity index (χ0n) is 15.8. The van der Waals surface area contributed by atoms with Gasteiger partial charge in [-0.05, 0) is 53.6 Å². The molecule has 3 aromatic carbocycles. The molecule has 1 heterocycles. The second-order valence-corrected chi connectivity index (χ2v) is 7.07. The molecule has 3 N–H and O–H groups in total. The summed E-state index contributed by atoms with van der Waals surface area (Å²) in [6, 6.07) is 16.0. The Morgan fingerprint density at radius 3 is 2.50 bits per heavy atom. The minimum Gasteiger partial charge on any atom is -0.450 e. The van der Waals surface area contributed by atoms with E-state index in [1.807, 2.05) is 18.2 Å². The first kappa shape index (κ1) is 19.7. The number of carbonyl (C=O) groups is 2. The Morgan fingerprint density at radius 2 is 1.80 bits per heavy atom. The average Bonchev–Trinajstić information content (AvgIpc) is 3.11. The highest BCUT2D eigenvalue weighted by atomic mass is 35.5. The predicted molar refractivity (Wildman–Crippen MR) is 115 cm³/mol. The lowest BCUT2D eigenvalue weighted by molar-refractivity contribution is 0.0996. The van der Waals surface area contributed by atoms with Gasteiger partial charge >= 0.3 is 0 Å². The van der Waals surface area contributed by atoms with Crippen LogP contribution in [0.3, 0.4) is 0 Å². The van der Waals surface area contributed by atoms with Crippen molar-refractivity contribution in [1.82, 2.24) is 0 Å². The Bertz CT molecular complexity index is 1310. The van der Waals surface area contributed by atoms with Gasteiger partial charge in [0.25, 0.3) is 0 Å². The van der Waals surface area contributed by atoms with Crippen LogP contribution in [-0.4, -0.2) is 18.7 Å². The van der Waals surface area contributed by atoms with Crippen LogP contribution in [0.25, 0.3) is 22.1 Å². The number of rotatable bonds is 5. The summed E-state index contributed by atoms with van der Waals surface area (Å²) in [5.74, 6) is -1.43. The van der Waals surface area contributed by atoms with Gasteiger partial charge in [0, 0.05) is 23.6 Å². The van der Waals surface area contributed by atoms with E-state index in [1.165, 1.54) is 12.1 Å². The molecule has 0 atom stereocenters. The Morgan fingerprint density at radius 1 is 1.03 bits per heavy atom. The second-order valence-electron chi connectivity index (χ2n) is 6.67. The molecule has 150 valence electrons. The summed E-state index contributed by atoms with van der Waals surface area (Å²) in [7, 11) is 1.68. The van der Waals surface area contributed by atoms with Crippen LogP contribution < -0.4 is 11.1 Å². The van der Waals surface area contributed by atoms with Crippen molar-refractivity contribution in [3.63, 3.8) is 0 Å². The molecule has 1 aromatic heterocycles. The number of ketones is 1. The van der Waals surface area contributed by atoms with E-state index in [1.54, 1.807) is 31.3 Å². The lowest BCUT2D eigenvalue weighted by Gasteiger charge is -2.04. The summed E-state index contributed by atoms with van der Waals surface area (Å²) >= 11 is 6.05. The SMILES string of the molecule is CNc1c(C(=O)c2ccc(F)cc2Cl)oc2cc(-c3cccc(C(N)=O)c3)ccc12. The summed E-state index contributed by atoms with van der Waals surface area (Å²) in [5.41, 5.74) is 8.46. The minimum absolute atomic E-state index is 0.00599. The molecule has 0 fully saturated rings. The van der Waals surface area contributed by atoms with Gasteiger partial charge in [0.2, 0.25) is 11.7 Å². The van der Waals surface area contributed by atoms with Crippen LogP contribution >= 0.6 is 11.6 Å². The van der Waals surface area contributed by atoms with E-state index in [0.29, 0.717) is 22.2 Å². The average molecular weight is 423 g/mol. The lowest BCUT2D eigenvalue weighted by atomic mass is 10.0. The van der Waals surface area contributed by atoms with Gasteiger partial charge in [-0.2, -0.15) is 0 Å². The third-order valence-electron chi connectivity index (χ3n) is 4.80. The lowest BCUT2D eigenvalue weighted by Crippen LogP contribution is -2.10. The summed E-state index contributed by atoms with van der Waals surface area (Å²) in [4.78, 5) is 24.5. The van der Waals surface area contributed by atoms with E-state index in [0.717, 1.165) is 17.2 Å². The standard InChI is InChI=1S/C23H16ClFN2O3/c1-27-20-17-7-5-13(12-3-2-4-14(9-12)23(26)29)10-19(17)30-22(20)21(28)16-8-6-15(25)11-18(16)24/h2-11,27H,1H3,(H2,26,29). The van der Waals surface area contributed by atoms with Gasteiger partial charge < -0.3 is 15.5 Å². The maximum atomic E-state index is 13.3. The molecule has 0 bridgehead atoms. The van der Waals surface area contributed by atoms with Crippen LogP contribution in [-0.2, 0) is 0 Å². The molecule has 0 unspecified atom stereocenters. The van der Waals surface area contributed by atoms with Crippen LogP contribution in [0, 0.1) is 5.82 Å². The van der Waals surface area contributed by atoms with Gasteiger partial charge in [0.15, 0.2) is 5.76 Å². The predicted octanol–water partition coefficient (Wildman–Crippen LogP) is 5.26. The number of benzene rings is 3. The molecule has 0 aliphatic rings. The smallest absolute Gasteiger partial charge is 0.248 e. The molecule has 0 saturated carbocycles. The normalized spacial score (nSPS) is 10.9. The van der Waals surface area contributed by atoms with Crippen molar-refractivity contribution in [2.75, 3.05) is 12.4 Å². The highest BCUT2D eigenvalue weighted by molar-refractivity contribution is 6.35. The quantitative estimate of drug-likeness (QED) is 0.429. The number of furan rings is 1. The fourth-order valence-electron chi connectivity index (χ4n) is 3.33. The van der Waals surface area contributed by atoms with E-state index in [4.69, 9.17) is 21.8 Å². The monoisotopic (exact) mass is 422 g/mol. The topological polar surface area (TPSA) is 85.3 Å². The van der Waals surface area contributed by atoms with Crippen LogP contribution in [0.1, 0.15) is 26.5 Å². The van der Waals surface area contributed by atoms with Gasteiger partial charge in [-0.3, -0.25) is 9.59 Å². The number of primary amides is 1.